The van der Waals surface area contributed by atoms with Crippen molar-refractivity contribution < 1.29 is 4.42 Å². The molecule has 0 saturated heterocycles. The van der Waals surface area contributed by atoms with Crippen molar-refractivity contribution in [3.8, 4) is 0 Å². The van der Waals surface area contributed by atoms with Crippen LogP contribution in [0.3, 0.4) is 0 Å². The highest BCUT2D eigenvalue weighted by Crippen LogP contribution is 2.22. The van der Waals surface area contributed by atoms with Crippen molar-refractivity contribution in [2.45, 2.75) is 39.7 Å². The van der Waals surface area contributed by atoms with Crippen LogP contribution >= 0.6 is 0 Å². The van der Waals surface area contributed by atoms with Crippen molar-refractivity contribution in [1.82, 2.24) is 5.32 Å². The Hall–Kier alpha value is -1.54. The number of furan rings is 1. The molecule has 2 nitrogen and oxygen atoms in total. The summed E-state index contributed by atoms with van der Waals surface area (Å²) in [4.78, 5) is 0. The van der Waals surface area contributed by atoms with E-state index in [4.69, 9.17) is 4.42 Å². The molecular formula is C17H23NO. The first-order valence-corrected chi connectivity index (χ1v) is 7.11. The van der Waals surface area contributed by atoms with Crippen LogP contribution in [0.15, 0.2) is 40.8 Å². The molecule has 0 aliphatic carbocycles. The van der Waals surface area contributed by atoms with Crippen molar-refractivity contribution in [2.75, 3.05) is 6.54 Å². The van der Waals surface area contributed by atoms with Gasteiger partial charge in [-0.2, -0.15) is 0 Å². The summed E-state index contributed by atoms with van der Waals surface area (Å²) < 4.78 is 5.90. The molecule has 1 atom stereocenters. The third-order valence-corrected chi connectivity index (χ3v) is 3.51. The zero-order valence-electron chi connectivity index (χ0n) is 12.1. The molecule has 0 aliphatic heterocycles. The van der Waals surface area contributed by atoms with Crippen molar-refractivity contribution in [1.29, 1.82) is 0 Å². The van der Waals surface area contributed by atoms with Gasteiger partial charge in [-0.25, -0.2) is 0 Å². The summed E-state index contributed by atoms with van der Waals surface area (Å²) in [6, 6.07) is 13.0. The molecule has 1 aromatic heterocycles. The predicted molar refractivity (Wildman–Crippen MR) is 79.4 cm³/mol. The zero-order valence-corrected chi connectivity index (χ0v) is 12.1. The van der Waals surface area contributed by atoms with Gasteiger partial charge in [0.05, 0.1) is 6.04 Å². The molecule has 0 saturated carbocycles. The molecule has 2 aromatic rings. The van der Waals surface area contributed by atoms with Gasteiger partial charge in [-0.05, 0) is 43.1 Å². The number of aryl methyl sites for hydroxylation is 2. The van der Waals surface area contributed by atoms with E-state index in [0.29, 0.717) is 0 Å². The minimum atomic E-state index is 0.256. The van der Waals surface area contributed by atoms with Crippen LogP contribution in [0.5, 0.6) is 0 Å². The largest absolute Gasteiger partial charge is 0.464 e. The predicted octanol–water partition coefficient (Wildman–Crippen LogP) is 4.04. The summed E-state index contributed by atoms with van der Waals surface area (Å²) in [7, 11) is 0. The molecule has 0 bridgehead atoms. The molecule has 19 heavy (non-hydrogen) atoms. The van der Waals surface area contributed by atoms with E-state index < -0.39 is 0 Å². The van der Waals surface area contributed by atoms with Crippen molar-refractivity contribution in [3.63, 3.8) is 0 Å². The highest BCUT2D eigenvalue weighted by Gasteiger charge is 2.15. The molecule has 0 amide bonds. The second-order valence-corrected chi connectivity index (χ2v) is 4.90. The van der Waals surface area contributed by atoms with E-state index in [1.165, 1.54) is 11.1 Å². The summed E-state index contributed by atoms with van der Waals surface area (Å²) in [5.74, 6) is 2.10. The lowest BCUT2D eigenvalue weighted by atomic mass is 10.00. The van der Waals surface area contributed by atoms with Crippen LogP contribution in [0.2, 0.25) is 0 Å². The van der Waals surface area contributed by atoms with Gasteiger partial charge in [0.15, 0.2) is 0 Å². The van der Waals surface area contributed by atoms with Crippen LogP contribution in [-0.4, -0.2) is 6.54 Å². The lowest BCUT2D eigenvalue weighted by Crippen LogP contribution is -2.22. The Morgan fingerprint density at radius 1 is 1.11 bits per heavy atom. The molecule has 2 heteroatoms. The lowest BCUT2D eigenvalue weighted by molar-refractivity contribution is 0.396. The van der Waals surface area contributed by atoms with Crippen LogP contribution in [0.25, 0.3) is 0 Å². The first-order valence-electron chi connectivity index (χ1n) is 7.11. The van der Waals surface area contributed by atoms with Gasteiger partial charge in [0.2, 0.25) is 0 Å². The Kier molecular flexibility index (Phi) is 4.80. The average Bonchev–Trinajstić information content (AvgIpc) is 2.89. The van der Waals surface area contributed by atoms with E-state index in [9.17, 15) is 0 Å². The number of hydrogen-bond donors (Lipinski definition) is 1. The van der Waals surface area contributed by atoms with E-state index in [-0.39, 0.29) is 6.04 Å². The van der Waals surface area contributed by atoms with Gasteiger partial charge in [-0.15, -0.1) is 0 Å². The minimum Gasteiger partial charge on any atom is -0.464 e. The third-order valence-electron chi connectivity index (χ3n) is 3.51. The van der Waals surface area contributed by atoms with Crippen LogP contribution < -0.4 is 5.32 Å². The minimum absolute atomic E-state index is 0.256. The molecule has 0 radical (unpaired) electrons. The van der Waals surface area contributed by atoms with Gasteiger partial charge in [-0.1, -0.05) is 38.1 Å². The van der Waals surface area contributed by atoms with Gasteiger partial charge in [0.1, 0.15) is 11.5 Å². The Morgan fingerprint density at radius 2 is 1.89 bits per heavy atom. The topological polar surface area (TPSA) is 25.2 Å². The molecule has 102 valence electrons. The molecular weight excluding hydrogens is 234 g/mol. The van der Waals surface area contributed by atoms with E-state index in [1.807, 2.05) is 0 Å². The molecule has 0 spiro atoms. The van der Waals surface area contributed by atoms with Crippen LogP contribution in [0.4, 0.5) is 0 Å². The third kappa shape index (κ3) is 3.48. The van der Waals surface area contributed by atoms with E-state index >= 15 is 0 Å². The highest BCUT2D eigenvalue weighted by molar-refractivity contribution is 5.27. The summed E-state index contributed by atoms with van der Waals surface area (Å²) in [5.41, 5.74) is 2.72. The fraction of sp³-hybridized carbons (Fsp3) is 0.412. The fourth-order valence-electron chi connectivity index (χ4n) is 2.35. The maximum Gasteiger partial charge on any atom is 0.121 e. The van der Waals surface area contributed by atoms with Gasteiger partial charge in [0, 0.05) is 6.42 Å². The molecule has 1 aromatic carbocycles. The fourth-order valence-corrected chi connectivity index (χ4v) is 2.35. The molecule has 0 fully saturated rings. The molecule has 1 unspecified atom stereocenters. The van der Waals surface area contributed by atoms with Crippen molar-refractivity contribution >= 4 is 0 Å². The van der Waals surface area contributed by atoms with E-state index in [2.05, 4.69) is 62.5 Å². The van der Waals surface area contributed by atoms with Crippen LogP contribution in [0, 0.1) is 6.92 Å². The lowest BCUT2D eigenvalue weighted by Gasteiger charge is -2.17. The van der Waals surface area contributed by atoms with Crippen molar-refractivity contribution in [2.24, 2.45) is 0 Å². The summed E-state index contributed by atoms with van der Waals surface area (Å²) in [5, 5.41) is 3.52. The smallest absolute Gasteiger partial charge is 0.121 e. The Bertz CT molecular complexity index is 515. The van der Waals surface area contributed by atoms with E-state index in [1.54, 1.807) is 0 Å². The van der Waals surface area contributed by atoms with E-state index in [0.717, 1.165) is 30.9 Å². The second-order valence-electron chi connectivity index (χ2n) is 4.90. The molecule has 0 aliphatic rings. The zero-order chi connectivity index (χ0) is 13.7. The molecule has 1 heterocycles. The standard InChI is InChI=1S/C17H23NO/c1-4-15-10-11-17(19-15)16(18-5-2)12-14-9-7-6-8-13(14)3/h6-11,16,18H,4-5,12H2,1-3H3. The monoisotopic (exact) mass is 257 g/mol. The summed E-state index contributed by atoms with van der Waals surface area (Å²) in [6.45, 7) is 7.36. The SMILES string of the molecule is CCNC(Cc1ccccc1C)c1ccc(CC)o1. The van der Waals surface area contributed by atoms with Crippen LogP contribution in [0.1, 0.15) is 42.5 Å². The Labute approximate surface area is 115 Å². The summed E-state index contributed by atoms with van der Waals surface area (Å²) in [6.07, 6.45) is 1.92. The first kappa shape index (κ1) is 13.9. The highest BCUT2D eigenvalue weighted by atomic mass is 16.3. The van der Waals surface area contributed by atoms with Gasteiger partial charge in [0.25, 0.3) is 0 Å². The van der Waals surface area contributed by atoms with Gasteiger partial charge < -0.3 is 9.73 Å². The number of benzene rings is 1. The maximum absolute atomic E-state index is 5.90. The first-order chi connectivity index (χ1) is 9.24. The number of rotatable bonds is 6. The average molecular weight is 257 g/mol. The quantitative estimate of drug-likeness (QED) is 0.844. The Balaban J connectivity index is 2.18. The van der Waals surface area contributed by atoms with Gasteiger partial charge >= 0.3 is 0 Å². The normalized spacial score (nSPS) is 12.6. The van der Waals surface area contributed by atoms with Crippen LogP contribution in [-0.2, 0) is 12.8 Å². The number of likely N-dealkylation sites (N-methyl/N-ethyl adjacent to an activating group) is 1. The van der Waals surface area contributed by atoms with Gasteiger partial charge in [-0.3, -0.25) is 0 Å². The maximum atomic E-state index is 5.90. The Morgan fingerprint density at radius 3 is 2.53 bits per heavy atom. The number of hydrogen-bond acceptors (Lipinski definition) is 2. The summed E-state index contributed by atoms with van der Waals surface area (Å²) >= 11 is 0. The van der Waals surface area contributed by atoms with Crippen molar-refractivity contribution in [3.05, 3.63) is 59.0 Å². The second kappa shape index (κ2) is 6.58. The number of nitrogens with one attached hydrogen (secondary N) is 1. The molecule has 1 N–H and O–H groups in total. The molecule has 2 rings (SSSR count).